The average Bonchev–Trinajstić information content (AvgIpc) is 2.03. The van der Waals surface area contributed by atoms with Crippen LogP contribution >= 0.6 is 0 Å². The molecule has 0 saturated heterocycles. The predicted molar refractivity (Wildman–Crippen MR) is 44.0 cm³/mol. The molecule has 1 aliphatic rings. The van der Waals surface area contributed by atoms with Gasteiger partial charge in [-0.2, -0.15) is 0 Å². The highest BCUT2D eigenvalue weighted by atomic mass is 16.1. The van der Waals surface area contributed by atoms with Crippen LogP contribution in [0.15, 0.2) is 29.3 Å². The molecular weight excluding hydrogens is 138 g/mol. The van der Waals surface area contributed by atoms with Gasteiger partial charge in [0.15, 0.2) is 0 Å². The maximum Gasteiger partial charge on any atom is 0.234 e. The second-order valence-corrected chi connectivity index (χ2v) is 3.05. The zero-order valence-corrected chi connectivity index (χ0v) is 6.58. The number of isocyanates is 1. The van der Waals surface area contributed by atoms with Crippen molar-refractivity contribution >= 4 is 6.08 Å². The van der Waals surface area contributed by atoms with E-state index in [9.17, 15) is 4.79 Å². The van der Waals surface area contributed by atoms with Crippen LogP contribution in [0.2, 0.25) is 0 Å². The van der Waals surface area contributed by atoms with Crippen LogP contribution in [0.5, 0.6) is 0 Å². The standard InChI is InChI=1S/C9H11NO/c1-9(7-10-8-11)5-3-2-4-6-9/h2-5H,6-7H2,1H3/t9-/m0/s1. The lowest BCUT2D eigenvalue weighted by atomic mass is 9.84. The van der Waals surface area contributed by atoms with Gasteiger partial charge < -0.3 is 0 Å². The van der Waals surface area contributed by atoms with Crippen LogP contribution in [0.3, 0.4) is 0 Å². The number of rotatable bonds is 2. The van der Waals surface area contributed by atoms with E-state index in [4.69, 9.17) is 0 Å². The number of aliphatic imine (C=N–C) groups is 1. The minimum atomic E-state index is 0.0339. The number of nitrogens with zero attached hydrogens (tertiary/aromatic N) is 1. The fraction of sp³-hybridized carbons (Fsp3) is 0.444. The Bertz CT molecular complexity index is 236. The Morgan fingerprint density at radius 2 is 2.45 bits per heavy atom. The number of carbonyl (C=O) groups excluding carboxylic acids is 1. The van der Waals surface area contributed by atoms with Crippen LogP contribution in [0, 0.1) is 5.41 Å². The predicted octanol–water partition coefficient (Wildman–Crippen LogP) is 1.84. The van der Waals surface area contributed by atoms with E-state index in [1.807, 2.05) is 12.2 Å². The molecule has 0 amide bonds. The van der Waals surface area contributed by atoms with Crippen molar-refractivity contribution in [2.45, 2.75) is 13.3 Å². The molecule has 1 atom stereocenters. The molecule has 0 bridgehead atoms. The third kappa shape index (κ3) is 2.17. The highest BCUT2D eigenvalue weighted by Crippen LogP contribution is 2.26. The summed E-state index contributed by atoms with van der Waals surface area (Å²) in [6.07, 6.45) is 10.7. The Hall–Kier alpha value is -1.14. The van der Waals surface area contributed by atoms with Crippen molar-refractivity contribution in [3.8, 4) is 0 Å². The monoisotopic (exact) mass is 149 g/mol. The van der Waals surface area contributed by atoms with Crippen LogP contribution < -0.4 is 0 Å². The molecule has 2 heteroatoms. The van der Waals surface area contributed by atoms with Gasteiger partial charge in [0.25, 0.3) is 0 Å². The van der Waals surface area contributed by atoms with Crippen molar-refractivity contribution in [3.05, 3.63) is 24.3 Å². The van der Waals surface area contributed by atoms with Gasteiger partial charge in [-0.3, -0.25) is 0 Å². The fourth-order valence-corrected chi connectivity index (χ4v) is 1.10. The van der Waals surface area contributed by atoms with Crippen LogP contribution in [0.25, 0.3) is 0 Å². The molecule has 0 aromatic heterocycles. The average molecular weight is 149 g/mol. The van der Waals surface area contributed by atoms with Gasteiger partial charge in [-0.15, -0.1) is 0 Å². The third-order valence-electron chi connectivity index (χ3n) is 1.83. The van der Waals surface area contributed by atoms with Crippen molar-refractivity contribution in [2.75, 3.05) is 6.54 Å². The van der Waals surface area contributed by atoms with Gasteiger partial charge in [0.1, 0.15) is 0 Å². The molecule has 0 aromatic rings. The normalized spacial score (nSPS) is 28.1. The van der Waals surface area contributed by atoms with E-state index >= 15 is 0 Å². The van der Waals surface area contributed by atoms with Gasteiger partial charge in [-0.05, 0) is 6.42 Å². The van der Waals surface area contributed by atoms with Crippen molar-refractivity contribution in [1.29, 1.82) is 0 Å². The summed E-state index contributed by atoms with van der Waals surface area (Å²) in [4.78, 5) is 13.4. The highest BCUT2D eigenvalue weighted by molar-refractivity contribution is 5.33. The maximum atomic E-state index is 9.86. The Balaban J connectivity index is 2.60. The SMILES string of the molecule is C[C@]1(CN=C=O)C=CC=CC1. The first-order valence-electron chi connectivity index (χ1n) is 3.65. The molecule has 0 radical (unpaired) electrons. The molecule has 0 saturated carbocycles. The van der Waals surface area contributed by atoms with Gasteiger partial charge in [0, 0.05) is 5.41 Å². The summed E-state index contributed by atoms with van der Waals surface area (Å²) >= 11 is 0. The summed E-state index contributed by atoms with van der Waals surface area (Å²) in [5.41, 5.74) is 0.0339. The van der Waals surface area contributed by atoms with Gasteiger partial charge in [-0.1, -0.05) is 31.2 Å². The van der Waals surface area contributed by atoms with Gasteiger partial charge in [-0.25, -0.2) is 9.79 Å². The molecule has 0 N–H and O–H groups in total. The van der Waals surface area contributed by atoms with Gasteiger partial charge in [0.2, 0.25) is 6.08 Å². The zero-order valence-electron chi connectivity index (χ0n) is 6.58. The van der Waals surface area contributed by atoms with Crippen LogP contribution in [-0.4, -0.2) is 12.6 Å². The molecular formula is C9H11NO. The lowest BCUT2D eigenvalue weighted by Gasteiger charge is -2.22. The minimum absolute atomic E-state index is 0.0339. The van der Waals surface area contributed by atoms with Crippen molar-refractivity contribution < 1.29 is 4.79 Å². The highest BCUT2D eigenvalue weighted by Gasteiger charge is 2.19. The summed E-state index contributed by atoms with van der Waals surface area (Å²) in [6, 6.07) is 0. The Kier molecular flexibility index (Phi) is 2.40. The van der Waals surface area contributed by atoms with E-state index in [2.05, 4.69) is 24.1 Å². The second-order valence-electron chi connectivity index (χ2n) is 3.05. The van der Waals surface area contributed by atoms with Crippen molar-refractivity contribution in [2.24, 2.45) is 10.4 Å². The molecule has 2 nitrogen and oxygen atoms in total. The summed E-state index contributed by atoms with van der Waals surface area (Å²) in [5, 5.41) is 0. The minimum Gasteiger partial charge on any atom is -0.211 e. The third-order valence-corrected chi connectivity index (χ3v) is 1.83. The van der Waals surface area contributed by atoms with Gasteiger partial charge >= 0.3 is 0 Å². The van der Waals surface area contributed by atoms with E-state index < -0.39 is 0 Å². The quantitative estimate of drug-likeness (QED) is 0.435. The van der Waals surface area contributed by atoms with Crippen LogP contribution in [0.1, 0.15) is 13.3 Å². The number of hydrogen-bond acceptors (Lipinski definition) is 2. The molecule has 0 spiro atoms. The lowest BCUT2D eigenvalue weighted by Crippen LogP contribution is -2.17. The summed E-state index contributed by atoms with van der Waals surface area (Å²) in [5.74, 6) is 0. The molecule has 58 valence electrons. The molecule has 0 unspecified atom stereocenters. The van der Waals surface area contributed by atoms with E-state index in [1.165, 1.54) is 0 Å². The van der Waals surface area contributed by atoms with Crippen LogP contribution in [-0.2, 0) is 4.79 Å². The topological polar surface area (TPSA) is 29.4 Å². The largest absolute Gasteiger partial charge is 0.234 e. The second kappa shape index (κ2) is 3.31. The molecule has 11 heavy (non-hydrogen) atoms. The van der Waals surface area contributed by atoms with E-state index in [0.29, 0.717) is 6.54 Å². The van der Waals surface area contributed by atoms with Gasteiger partial charge in [0.05, 0.1) is 6.54 Å². The van der Waals surface area contributed by atoms with E-state index in [-0.39, 0.29) is 5.41 Å². The number of allylic oxidation sites excluding steroid dienone is 3. The smallest absolute Gasteiger partial charge is 0.211 e. The Labute approximate surface area is 66.3 Å². The summed E-state index contributed by atoms with van der Waals surface area (Å²) in [6.45, 7) is 2.62. The molecule has 1 aliphatic carbocycles. The summed E-state index contributed by atoms with van der Waals surface area (Å²) < 4.78 is 0. The van der Waals surface area contributed by atoms with Crippen molar-refractivity contribution in [3.63, 3.8) is 0 Å². The Morgan fingerprint density at radius 3 is 3.00 bits per heavy atom. The van der Waals surface area contributed by atoms with E-state index in [0.717, 1.165) is 6.42 Å². The van der Waals surface area contributed by atoms with Crippen LogP contribution in [0.4, 0.5) is 0 Å². The maximum absolute atomic E-state index is 9.86. The summed E-state index contributed by atoms with van der Waals surface area (Å²) in [7, 11) is 0. The first-order chi connectivity index (χ1) is 5.27. The first kappa shape index (κ1) is 7.96. The molecule has 0 heterocycles. The first-order valence-corrected chi connectivity index (χ1v) is 3.65. The Morgan fingerprint density at radius 1 is 1.64 bits per heavy atom. The van der Waals surface area contributed by atoms with Crippen molar-refractivity contribution in [1.82, 2.24) is 0 Å². The molecule has 1 rings (SSSR count). The molecule has 0 fully saturated rings. The lowest BCUT2D eigenvalue weighted by molar-refractivity contribution is 0.442. The number of hydrogen-bond donors (Lipinski definition) is 0. The fourth-order valence-electron chi connectivity index (χ4n) is 1.10. The molecule has 0 aliphatic heterocycles. The molecule has 0 aromatic carbocycles. The van der Waals surface area contributed by atoms with E-state index in [1.54, 1.807) is 6.08 Å². The zero-order chi connectivity index (χ0) is 8.16.